The van der Waals surface area contributed by atoms with Gasteiger partial charge < -0.3 is 34.6 Å². The zero-order chi connectivity index (χ0) is 37.2. The van der Waals surface area contributed by atoms with E-state index in [1.165, 1.54) is 25.5 Å². The molecule has 4 heterocycles. The van der Waals surface area contributed by atoms with Gasteiger partial charge in [0.15, 0.2) is 5.78 Å². The highest BCUT2D eigenvalue weighted by Crippen LogP contribution is 2.31. The van der Waals surface area contributed by atoms with E-state index in [9.17, 15) is 9.59 Å². The SMILES string of the molecule is COCCN(CC1CC1)c1cc(C(=O)Nc2ccc3[nH]ccc3c2)ncn1.COCCN(c1cc(C(=O)Cc2ccc3[nH]ccc3c2)ncn1)C(C)C. The Labute approximate surface area is 309 Å². The number of nitrogens with one attached hydrogen (secondary N) is 3. The van der Waals surface area contributed by atoms with Crippen LogP contribution >= 0.6 is 0 Å². The Morgan fingerprint density at radius 3 is 2.13 bits per heavy atom. The first kappa shape index (κ1) is 37.1. The lowest BCUT2D eigenvalue weighted by molar-refractivity contribution is 0.0986. The second-order valence-electron chi connectivity index (χ2n) is 13.4. The van der Waals surface area contributed by atoms with Gasteiger partial charge in [-0.3, -0.25) is 9.59 Å². The molecule has 0 atom stereocenters. The van der Waals surface area contributed by atoms with Crippen LogP contribution in [0.4, 0.5) is 17.3 Å². The number of carbonyl (C=O) groups is 2. The molecule has 0 spiro atoms. The van der Waals surface area contributed by atoms with Crippen LogP contribution < -0.4 is 15.1 Å². The molecule has 13 heteroatoms. The van der Waals surface area contributed by atoms with E-state index in [2.05, 4.69) is 58.9 Å². The van der Waals surface area contributed by atoms with Crippen molar-refractivity contribution in [2.45, 2.75) is 39.2 Å². The van der Waals surface area contributed by atoms with Crippen LogP contribution in [0.5, 0.6) is 0 Å². The van der Waals surface area contributed by atoms with E-state index in [0.29, 0.717) is 43.5 Å². The maximum absolute atomic E-state index is 12.7. The number of methoxy groups -OCH3 is 2. The fourth-order valence-electron chi connectivity index (χ4n) is 6.06. The summed E-state index contributed by atoms with van der Waals surface area (Å²) in [6.45, 7) is 7.79. The van der Waals surface area contributed by atoms with Crippen molar-refractivity contribution in [3.05, 3.63) is 103 Å². The second kappa shape index (κ2) is 17.7. The molecule has 1 saturated carbocycles. The maximum atomic E-state index is 12.7. The predicted octanol–water partition coefficient (Wildman–Crippen LogP) is 6.32. The van der Waals surface area contributed by atoms with Crippen LogP contribution in [-0.2, 0) is 15.9 Å². The number of hydrogen-bond acceptors (Lipinski definition) is 10. The van der Waals surface area contributed by atoms with Crippen LogP contribution in [0.1, 0.15) is 53.2 Å². The summed E-state index contributed by atoms with van der Waals surface area (Å²) in [6, 6.07) is 19.5. The van der Waals surface area contributed by atoms with Gasteiger partial charge in [0.25, 0.3) is 5.91 Å². The molecular weight excluding hydrogens is 670 g/mol. The van der Waals surface area contributed by atoms with Gasteiger partial charge in [-0.25, -0.2) is 19.9 Å². The third kappa shape index (κ3) is 10.0. The molecule has 1 amide bonds. The average Bonchev–Trinajstić information content (AvgIpc) is 3.65. The highest BCUT2D eigenvalue weighted by Gasteiger charge is 2.25. The number of ketones is 1. The summed E-state index contributed by atoms with van der Waals surface area (Å²) < 4.78 is 10.4. The fourth-order valence-corrected chi connectivity index (χ4v) is 6.06. The summed E-state index contributed by atoms with van der Waals surface area (Å²) in [5.74, 6) is 1.96. The standard InChI is InChI=1S/C20H23N5O2.C20H24N4O2/c1-27-9-8-25(12-14-2-3-14)19-11-18(22-13-23-19)20(26)24-16-4-5-17-15(10-16)6-7-21-17;1-14(2)24(8-9-26-3)20-12-18(22-13-23-20)19(25)11-15-4-5-17-16(10-15)6-7-21-17/h4-7,10-11,13-14,21H,2-3,8-9,12H2,1H3,(H,24,26);4-7,10,12-14,21H,8-9,11H2,1-3H3. The Balaban J connectivity index is 0.000000182. The van der Waals surface area contributed by atoms with Gasteiger partial charge in [-0.05, 0) is 86.0 Å². The highest BCUT2D eigenvalue weighted by atomic mass is 16.5. The van der Waals surface area contributed by atoms with Gasteiger partial charge in [0.05, 0.1) is 13.2 Å². The van der Waals surface area contributed by atoms with Crippen molar-refractivity contribution < 1.29 is 19.1 Å². The van der Waals surface area contributed by atoms with Crippen molar-refractivity contribution in [3.8, 4) is 0 Å². The number of amides is 1. The average molecular weight is 718 g/mol. The van der Waals surface area contributed by atoms with Crippen LogP contribution in [-0.4, -0.2) is 94.7 Å². The van der Waals surface area contributed by atoms with Crippen LogP contribution in [0.3, 0.4) is 0 Å². The largest absolute Gasteiger partial charge is 0.383 e. The minimum absolute atomic E-state index is 0.0148. The molecule has 1 fully saturated rings. The van der Waals surface area contributed by atoms with Crippen molar-refractivity contribution in [1.29, 1.82) is 0 Å². The van der Waals surface area contributed by atoms with Gasteiger partial charge in [0.1, 0.15) is 35.7 Å². The number of benzene rings is 2. The quantitative estimate of drug-likeness (QED) is 0.0970. The third-order valence-electron chi connectivity index (χ3n) is 9.14. The first-order valence-electron chi connectivity index (χ1n) is 17.9. The summed E-state index contributed by atoms with van der Waals surface area (Å²) in [5.41, 5.74) is 4.60. The summed E-state index contributed by atoms with van der Waals surface area (Å²) in [5, 5.41) is 5.06. The molecule has 2 aromatic carbocycles. The zero-order valence-corrected chi connectivity index (χ0v) is 30.7. The lowest BCUT2D eigenvalue weighted by atomic mass is 10.0. The number of hydrogen-bond donors (Lipinski definition) is 3. The van der Waals surface area contributed by atoms with Gasteiger partial charge in [0.2, 0.25) is 0 Å². The molecule has 276 valence electrons. The van der Waals surface area contributed by atoms with Crippen molar-refractivity contribution >= 4 is 50.8 Å². The Kier molecular flexibility index (Phi) is 12.4. The monoisotopic (exact) mass is 717 g/mol. The van der Waals surface area contributed by atoms with E-state index in [1.54, 1.807) is 26.4 Å². The zero-order valence-electron chi connectivity index (χ0n) is 30.7. The van der Waals surface area contributed by atoms with Crippen molar-refractivity contribution in [2.75, 3.05) is 62.2 Å². The molecule has 0 radical (unpaired) electrons. The van der Waals surface area contributed by atoms with E-state index in [4.69, 9.17) is 9.47 Å². The van der Waals surface area contributed by atoms with Gasteiger partial charge >= 0.3 is 0 Å². The van der Waals surface area contributed by atoms with Crippen molar-refractivity contribution in [3.63, 3.8) is 0 Å². The number of H-pyrrole nitrogens is 2. The van der Waals surface area contributed by atoms with Crippen LogP contribution in [0.15, 0.2) is 85.7 Å². The first-order valence-corrected chi connectivity index (χ1v) is 17.9. The van der Waals surface area contributed by atoms with Crippen LogP contribution in [0, 0.1) is 5.92 Å². The molecule has 0 aliphatic heterocycles. The number of carbonyl (C=O) groups excluding carboxylic acids is 2. The van der Waals surface area contributed by atoms with Crippen LogP contribution in [0.25, 0.3) is 21.8 Å². The van der Waals surface area contributed by atoms with Gasteiger partial charge in [-0.15, -0.1) is 0 Å². The normalized spacial score (nSPS) is 12.5. The van der Waals surface area contributed by atoms with E-state index in [-0.39, 0.29) is 17.7 Å². The molecule has 3 N–H and O–H groups in total. The van der Waals surface area contributed by atoms with Crippen molar-refractivity contribution in [1.82, 2.24) is 29.9 Å². The first-order chi connectivity index (χ1) is 25.8. The molecule has 6 aromatic rings. The molecule has 13 nitrogen and oxygen atoms in total. The molecule has 53 heavy (non-hydrogen) atoms. The minimum Gasteiger partial charge on any atom is -0.383 e. The fraction of sp³-hybridized carbons (Fsp3) is 0.350. The third-order valence-corrected chi connectivity index (χ3v) is 9.14. The molecule has 0 saturated heterocycles. The molecule has 1 aliphatic rings. The molecule has 0 unspecified atom stereocenters. The van der Waals surface area contributed by atoms with Gasteiger partial charge in [0, 0.05) is 92.9 Å². The number of Topliss-reactive ketones (excluding diaryl/α,β-unsaturated/α-hetero) is 1. The highest BCUT2D eigenvalue weighted by molar-refractivity contribution is 6.04. The lowest BCUT2D eigenvalue weighted by Gasteiger charge is -2.27. The summed E-state index contributed by atoms with van der Waals surface area (Å²) in [4.78, 5) is 53.0. The van der Waals surface area contributed by atoms with Gasteiger partial charge in [-0.1, -0.05) is 6.07 Å². The summed E-state index contributed by atoms with van der Waals surface area (Å²) in [7, 11) is 3.37. The number of rotatable bonds is 16. The van der Waals surface area contributed by atoms with E-state index in [1.807, 2.05) is 60.9 Å². The molecule has 0 bridgehead atoms. The number of ether oxygens (including phenoxy) is 2. The number of fused-ring (bicyclic) bond motifs is 2. The van der Waals surface area contributed by atoms with Crippen molar-refractivity contribution in [2.24, 2.45) is 5.92 Å². The number of aromatic amines is 2. The second-order valence-corrected chi connectivity index (χ2v) is 13.4. The maximum Gasteiger partial charge on any atom is 0.274 e. The van der Waals surface area contributed by atoms with E-state index >= 15 is 0 Å². The number of nitrogens with zero attached hydrogens (tertiary/aromatic N) is 6. The predicted molar refractivity (Wildman–Crippen MR) is 208 cm³/mol. The van der Waals surface area contributed by atoms with E-state index in [0.717, 1.165) is 57.8 Å². The Bertz CT molecular complexity index is 2120. The Morgan fingerprint density at radius 2 is 1.43 bits per heavy atom. The number of anilines is 3. The molecule has 4 aromatic heterocycles. The summed E-state index contributed by atoms with van der Waals surface area (Å²) >= 11 is 0. The van der Waals surface area contributed by atoms with Crippen LogP contribution in [0.2, 0.25) is 0 Å². The lowest BCUT2D eigenvalue weighted by Crippen LogP contribution is -2.34. The van der Waals surface area contributed by atoms with Gasteiger partial charge in [-0.2, -0.15) is 0 Å². The van der Waals surface area contributed by atoms with E-state index < -0.39 is 0 Å². The smallest absolute Gasteiger partial charge is 0.274 e. The number of aromatic nitrogens is 6. The molecule has 7 rings (SSSR count). The topological polar surface area (TPSA) is 154 Å². The minimum atomic E-state index is -0.244. The molecular formula is C40H47N9O4. The summed E-state index contributed by atoms with van der Waals surface area (Å²) in [6.07, 6.45) is 9.51. The Morgan fingerprint density at radius 1 is 0.792 bits per heavy atom. The Hall–Kier alpha value is -5.66. The molecule has 1 aliphatic carbocycles.